The molecule has 0 atom stereocenters. The van der Waals surface area contributed by atoms with Gasteiger partial charge in [-0.3, -0.25) is 4.79 Å². The van der Waals surface area contributed by atoms with E-state index < -0.39 is 0 Å². The molecule has 0 saturated carbocycles. The van der Waals surface area contributed by atoms with Crippen molar-refractivity contribution >= 4 is 11.6 Å². The average molecular weight is 196 g/mol. The van der Waals surface area contributed by atoms with E-state index in [0.29, 0.717) is 11.6 Å². The number of amides is 1. The third-order valence-corrected chi connectivity index (χ3v) is 1.51. The van der Waals surface area contributed by atoms with Gasteiger partial charge in [-0.15, -0.1) is 0 Å². The van der Waals surface area contributed by atoms with Crippen molar-refractivity contribution in [3.05, 3.63) is 18.3 Å². The molecule has 1 heterocycles. The molecule has 5 nitrogen and oxygen atoms in total. The number of nitrogens with zero attached hydrogens (tertiary/aromatic N) is 1. The van der Waals surface area contributed by atoms with Crippen molar-refractivity contribution < 1.29 is 14.3 Å². The van der Waals surface area contributed by atoms with Gasteiger partial charge in [-0.1, -0.05) is 0 Å². The molecule has 0 aliphatic rings. The van der Waals surface area contributed by atoms with Gasteiger partial charge in [0.2, 0.25) is 11.8 Å². The summed E-state index contributed by atoms with van der Waals surface area (Å²) in [5.74, 6) is 0.149. The maximum Gasteiger partial charge on any atom is 0.250 e. The highest BCUT2D eigenvalue weighted by Crippen LogP contribution is 2.19. The first-order valence-electron chi connectivity index (χ1n) is 4.05. The van der Waals surface area contributed by atoms with E-state index in [-0.39, 0.29) is 12.5 Å². The van der Waals surface area contributed by atoms with Crippen molar-refractivity contribution in [3.63, 3.8) is 0 Å². The van der Waals surface area contributed by atoms with E-state index in [4.69, 9.17) is 4.74 Å². The maximum atomic E-state index is 11.2. The maximum absolute atomic E-state index is 11.2. The molecule has 76 valence electrons. The molecule has 14 heavy (non-hydrogen) atoms. The van der Waals surface area contributed by atoms with Gasteiger partial charge in [-0.25, -0.2) is 4.98 Å². The van der Waals surface area contributed by atoms with Gasteiger partial charge in [0.25, 0.3) is 0 Å². The van der Waals surface area contributed by atoms with Gasteiger partial charge < -0.3 is 14.8 Å². The Labute approximate surface area is 82.0 Å². The van der Waals surface area contributed by atoms with Crippen LogP contribution in [0.2, 0.25) is 0 Å². The van der Waals surface area contributed by atoms with Crippen molar-refractivity contribution in [2.75, 3.05) is 26.1 Å². The van der Waals surface area contributed by atoms with Crippen LogP contribution in [0.15, 0.2) is 18.3 Å². The lowest BCUT2D eigenvalue weighted by atomic mass is 10.4. The molecule has 1 rings (SSSR count). The molecule has 0 fully saturated rings. The van der Waals surface area contributed by atoms with E-state index in [0.717, 1.165) is 0 Å². The fraction of sp³-hybridized carbons (Fsp3) is 0.333. The monoisotopic (exact) mass is 196 g/mol. The standard InChI is InChI=1S/C9H12N2O3/c1-13-6-8(12)11-7-4-3-5-10-9(7)14-2/h3-5H,6H2,1-2H3,(H,11,12). The summed E-state index contributed by atoms with van der Waals surface area (Å²) in [5.41, 5.74) is 0.539. The van der Waals surface area contributed by atoms with Crippen LogP contribution < -0.4 is 10.1 Å². The number of carbonyl (C=O) groups excluding carboxylic acids is 1. The summed E-state index contributed by atoms with van der Waals surface area (Å²) < 4.78 is 9.63. The Bertz CT molecular complexity index is 315. The third kappa shape index (κ3) is 2.70. The Morgan fingerprint density at radius 2 is 2.36 bits per heavy atom. The van der Waals surface area contributed by atoms with Crippen molar-refractivity contribution in [2.24, 2.45) is 0 Å². The van der Waals surface area contributed by atoms with E-state index in [1.807, 2.05) is 0 Å². The summed E-state index contributed by atoms with van der Waals surface area (Å²) in [4.78, 5) is 15.1. The van der Waals surface area contributed by atoms with Crippen LogP contribution in [0.3, 0.4) is 0 Å². The highest BCUT2D eigenvalue weighted by molar-refractivity contribution is 5.92. The molecule has 5 heteroatoms. The van der Waals surface area contributed by atoms with Crippen LogP contribution in [0.25, 0.3) is 0 Å². The number of aromatic nitrogens is 1. The van der Waals surface area contributed by atoms with Crippen molar-refractivity contribution in [1.29, 1.82) is 0 Å². The van der Waals surface area contributed by atoms with Crippen LogP contribution in [-0.4, -0.2) is 31.7 Å². The molecule has 0 aliphatic carbocycles. The van der Waals surface area contributed by atoms with Crippen LogP contribution in [0.5, 0.6) is 5.88 Å². The summed E-state index contributed by atoms with van der Waals surface area (Å²) in [5, 5.41) is 2.61. The van der Waals surface area contributed by atoms with Crippen LogP contribution in [0.4, 0.5) is 5.69 Å². The molecule has 0 spiro atoms. The van der Waals surface area contributed by atoms with Crippen molar-refractivity contribution in [3.8, 4) is 5.88 Å². The normalized spacial score (nSPS) is 9.57. The van der Waals surface area contributed by atoms with Crippen molar-refractivity contribution in [1.82, 2.24) is 4.98 Å². The second-order valence-electron chi connectivity index (χ2n) is 2.54. The SMILES string of the molecule is COCC(=O)Nc1cccnc1OC. The van der Waals surface area contributed by atoms with E-state index in [1.54, 1.807) is 18.3 Å². The number of methoxy groups -OCH3 is 2. The highest BCUT2D eigenvalue weighted by Gasteiger charge is 2.06. The number of ether oxygens (including phenoxy) is 2. The summed E-state index contributed by atoms with van der Waals surface area (Å²) in [6.45, 7) is 0.0120. The molecular formula is C9H12N2O3. The number of carbonyl (C=O) groups is 1. The van der Waals surface area contributed by atoms with Gasteiger partial charge in [0.1, 0.15) is 12.3 Å². The van der Waals surface area contributed by atoms with E-state index in [9.17, 15) is 4.79 Å². The smallest absolute Gasteiger partial charge is 0.250 e. The first-order chi connectivity index (χ1) is 6.77. The van der Waals surface area contributed by atoms with Gasteiger partial charge in [0.15, 0.2) is 0 Å². The zero-order chi connectivity index (χ0) is 10.4. The predicted molar refractivity (Wildman–Crippen MR) is 51.3 cm³/mol. The van der Waals surface area contributed by atoms with Crippen LogP contribution in [0, 0.1) is 0 Å². The minimum atomic E-state index is -0.237. The highest BCUT2D eigenvalue weighted by atomic mass is 16.5. The molecule has 1 aromatic rings. The molecule has 0 unspecified atom stereocenters. The van der Waals surface area contributed by atoms with E-state index >= 15 is 0 Å². The quantitative estimate of drug-likeness (QED) is 0.769. The topological polar surface area (TPSA) is 60.5 Å². The van der Waals surface area contributed by atoms with Crippen molar-refractivity contribution in [2.45, 2.75) is 0 Å². The summed E-state index contributed by atoms with van der Waals surface area (Å²) in [6, 6.07) is 3.42. The van der Waals surface area contributed by atoms with Gasteiger partial charge in [0.05, 0.1) is 7.11 Å². The molecule has 1 amide bonds. The fourth-order valence-corrected chi connectivity index (χ4v) is 0.966. The van der Waals surface area contributed by atoms with Crippen LogP contribution in [0.1, 0.15) is 0 Å². The lowest BCUT2D eigenvalue weighted by molar-refractivity contribution is -0.119. The molecule has 0 bridgehead atoms. The molecule has 0 radical (unpaired) electrons. The van der Waals surface area contributed by atoms with Gasteiger partial charge in [-0.05, 0) is 12.1 Å². The van der Waals surface area contributed by atoms with E-state index in [1.165, 1.54) is 14.2 Å². The minimum Gasteiger partial charge on any atom is -0.480 e. The summed E-state index contributed by atoms with van der Waals surface area (Å²) in [7, 11) is 2.95. The lowest BCUT2D eigenvalue weighted by Crippen LogP contribution is -2.17. The first kappa shape index (κ1) is 10.5. The Morgan fingerprint density at radius 1 is 1.57 bits per heavy atom. The van der Waals surface area contributed by atoms with Crippen LogP contribution in [-0.2, 0) is 9.53 Å². The third-order valence-electron chi connectivity index (χ3n) is 1.51. The van der Waals surface area contributed by atoms with Crippen LogP contribution >= 0.6 is 0 Å². The molecule has 0 aromatic carbocycles. The Morgan fingerprint density at radius 3 is 3.00 bits per heavy atom. The number of hydrogen-bond donors (Lipinski definition) is 1. The van der Waals surface area contributed by atoms with Gasteiger partial charge in [0, 0.05) is 13.3 Å². The number of rotatable bonds is 4. The molecular weight excluding hydrogens is 184 g/mol. The number of nitrogens with one attached hydrogen (secondary N) is 1. The minimum absolute atomic E-state index is 0.0120. The fourth-order valence-electron chi connectivity index (χ4n) is 0.966. The van der Waals surface area contributed by atoms with Gasteiger partial charge >= 0.3 is 0 Å². The Hall–Kier alpha value is -1.62. The summed E-state index contributed by atoms with van der Waals surface area (Å²) >= 11 is 0. The van der Waals surface area contributed by atoms with E-state index in [2.05, 4.69) is 15.0 Å². The first-order valence-corrected chi connectivity index (χ1v) is 4.05. The second-order valence-corrected chi connectivity index (χ2v) is 2.54. The average Bonchev–Trinajstić information content (AvgIpc) is 2.19. The molecule has 1 N–H and O–H groups in total. The lowest BCUT2D eigenvalue weighted by Gasteiger charge is -2.07. The zero-order valence-electron chi connectivity index (χ0n) is 8.11. The number of anilines is 1. The largest absolute Gasteiger partial charge is 0.480 e. The molecule has 0 saturated heterocycles. The van der Waals surface area contributed by atoms with Gasteiger partial charge in [-0.2, -0.15) is 0 Å². The molecule has 1 aromatic heterocycles. The number of pyridine rings is 1. The number of hydrogen-bond acceptors (Lipinski definition) is 4. The zero-order valence-corrected chi connectivity index (χ0v) is 8.11. The summed E-state index contributed by atoms with van der Waals surface area (Å²) in [6.07, 6.45) is 1.59. The predicted octanol–water partition coefficient (Wildman–Crippen LogP) is 0.675. The Kier molecular flexibility index (Phi) is 3.87. The Balaban J connectivity index is 2.70. The molecule has 0 aliphatic heterocycles. The second kappa shape index (κ2) is 5.18.